The molecule has 2 aliphatic carbocycles. The number of carboxylic acid groups (broad SMARTS) is 1. The van der Waals surface area contributed by atoms with E-state index in [-0.39, 0.29) is 5.41 Å². The molecular formula is C19H34N2O3. The van der Waals surface area contributed by atoms with Gasteiger partial charge in [0.2, 0.25) is 0 Å². The third-order valence-electron chi connectivity index (χ3n) is 6.84. The standard InChI is InChI=1S/C19H34N2O3/c1-3-15-11-16(15)20-12-18(14-24-2)7-9-21(10-8-18)13-19(17(22)23)5-4-6-19/h15-16,20H,3-14H2,1-2H3,(H,22,23)/t15?,16-/m1/s1. The number of methoxy groups -OCH3 is 1. The van der Waals surface area contributed by atoms with Crippen molar-refractivity contribution in [3.63, 3.8) is 0 Å². The Morgan fingerprint density at radius 3 is 2.46 bits per heavy atom. The van der Waals surface area contributed by atoms with E-state index in [9.17, 15) is 9.90 Å². The van der Waals surface area contributed by atoms with Crippen LogP contribution in [0.2, 0.25) is 0 Å². The molecule has 1 aliphatic heterocycles. The molecule has 3 fully saturated rings. The largest absolute Gasteiger partial charge is 0.481 e. The van der Waals surface area contributed by atoms with Crippen molar-refractivity contribution in [2.45, 2.75) is 57.9 Å². The molecule has 0 bridgehead atoms. The van der Waals surface area contributed by atoms with Crippen LogP contribution >= 0.6 is 0 Å². The van der Waals surface area contributed by atoms with Gasteiger partial charge in [0.15, 0.2) is 0 Å². The number of likely N-dealkylation sites (tertiary alicyclic amines) is 1. The highest BCUT2D eigenvalue weighted by molar-refractivity contribution is 5.76. The van der Waals surface area contributed by atoms with Gasteiger partial charge in [-0.05, 0) is 51.1 Å². The smallest absolute Gasteiger partial charge is 0.310 e. The van der Waals surface area contributed by atoms with Crippen molar-refractivity contribution in [3.05, 3.63) is 0 Å². The summed E-state index contributed by atoms with van der Waals surface area (Å²) in [4.78, 5) is 14.0. The number of rotatable bonds is 9. The maximum Gasteiger partial charge on any atom is 0.310 e. The number of ether oxygens (including phenoxy) is 1. The summed E-state index contributed by atoms with van der Waals surface area (Å²) >= 11 is 0. The minimum absolute atomic E-state index is 0.224. The summed E-state index contributed by atoms with van der Waals surface area (Å²) in [5, 5.41) is 13.3. The Morgan fingerprint density at radius 2 is 2.00 bits per heavy atom. The van der Waals surface area contributed by atoms with Crippen LogP contribution in [0.3, 0.4) is 0 Å². The van der Waals surface area contributed by atoms with E-state index in [0.29, 0.717) is 6.04 Å². The third kappa shape index (κ3) is 3.78. The van der Waals surface area contributed by atoms with Crippen molar-refractivity contribution < 1.29 is 14.6 Å². The molecule has 2 atom stereocenters. The van der Waals surface area contributed by atoms with Crippen LogP contribution in [0.25, 0.3) is 0 Å². The van der Waals surface area contributed by atoms with Crippen LogP contribution in [-0.2, 0) is 9.53 Å². The predicted octanol–water partition coefficient (Wildman–Crippen LogP) is 2.36. The molecule has 0 amide bonds. The van der Waals surface area contributed by atoms with Gasteiger partial charge in [0.25, 0.3) is 0 Å². The molecule has 138 valence electrons. The Kier molecular flexibility index (Phi) is 5.52. The molecule has 0 aromatic carbocycles. The fraction of sp³-hybridized carbons (Fsp3) is 0.947. The minimum atomic E-state index is -0.594. The first kappa shape index (κ1) is 18.2. The zero-order valence-electron chi connectivity index (χ0n) is 15.4. The zero-order valence-corrected chi connectivity index (χ0v) is 15.4. The van der Waals surface area contributed by atoms with Gasteiger partial charge in [-0.2, -0.15) is 0 Å². The van der Waals surface area contributed by atoms with Gasteiger partial charge >= 0.3 is 5.97 Å². The van der Waals surface area contributed by atoms with Gasteiger partial charge in [0.1, 0.15) is 0 Å². The molecule has 0 aromatic heterocycles. The lowest BCUT2D eigenvalue weighted by Crippen LogP contribution is -2.53. The van der Waals surface area contributed by atoms with E-state index < -0.39 is 11.4 Å². The molecule has 3 rings (SSSR count). The van der Waals surface area contributed by atoms with Crippen molar-refractivity contribution in [2.75, 3.05) is 39.9 Å². The lowest BCUT2D eigenvalue weighted by Gasteiger charge is -2.46. The second-order valence-electron chi connectivity index (χ2n) is 8.54. The number of nitrogens with one attached hydrogen (secondary N) is 1. The summed E-state index contributed by atoms with van der Waals surface area (Å²) in [6.07, 6.45) is 7.58. The Labute approximate surface area is 146 Å². The molecule has 1 unspecified atom stereocenters. The van der Waals surface area contributed by atoms with E-state index in [2.05, 4.69) is 17.1 Å². The SMILES string of the molecule is CCC1C[C@H]1NCC1(COC)CCN(CC2(C(=O)O)CCC2)CC1. The number of carbonyl (C=O) groups is 1. The number of aliphatic carboxylic acids is 1. The Bertz CT molecular complexity index is 442. The quantitative estimate of drug-likeness (QED) is 0.676. The average molecular weight is 338 g/mol. The molecule has 0 spiro atoms. The van der Waals surface area contributed by atoms with E-state index in [1.54, 1.807) is 7.11 Å². The molecule has 3 aliphatic rings. The summed E-state index contributed by atoms with van der Waals surface area (Å²) in [5.74, 6) is 0.280. The maximum atomic E-state index is 11.6. The van der Waals surface area contributed by atoms with E-state index in [1.807, 2.05) is 0 Å². The van der Waals surface area contributed by atoms with Crippen LogP contribution in [0.1, 0.15) is 51.9 Å². The van der Waals surface area contributed by atoms with Crippen LogP contribution in [0, 0.1) is 16.7 Å². The fourth-order valence-corrected chi connectivity index (χ4v) is 4.63. The first-order valence-electron chi connectivity index (χ1n) is 9.71. The molecule has 2 N–H and O–H groups in total. The number of nitrogens with zero attached hydrogens (tertiary/aromatic N) is 1. The highest BCUT2D eigenvalue weighted by atomic mass is 16.5. The van der Waals surface area contributed by atoms with Crippen LogP contribution < -0.4 is 5.32 Å². The van der Waals surface area contributed by atoms with Gasteiger partial charge in [-0.3, -0.25) is 4.79 Å². The van der Waals surface area contributed by atoms with Crippen LogP contribution in [0.15, 0.2) is 0 Å². The second kappa shape index (κ2) is 7.30. The summed E-state index contributed by atoms with van der Waals surface area (Å²) in [5.41, 5.74) is -0.232. The van der Waals surface area contributed by atoms with Crippen LogP contribution in [0.4, 0.5) is 0 Å². The van der Waals surface area contributed by atoms with E-state index >= 15 is 0 Å². The van der Waals surface area contributed by atoms with Crippen LogP contribution in [-0.4, -0.2) is 61.9 Å². The number of hydrogen-bond donors (Lipinski definition) is 2. The first-order chi connectivity index (χ1) is 11.5. The van der Waals surface area contributed by atoms with E-state index in [4.69, 9.17) is 4.74 Å². The second-order valence-corrected chi connectivity index (χ2v) is 8.54. The maximum absolute atomic E-state index is 11.6. The van der Waals surface area contributed by atoms with Gasteiger partial charge in [-0.25, -0.2) is 0 Å². The molecule has 24 heavy (non-hydrogen) atoms. The molecule has 5 heteroatoms. The first-order valence-corrected chi connectivity index (χ1v) is 9.71. The fourth-order valence-electron chi connectivity index (χ4n) is 4.63. The molecule has 0 radical (unpaired) electrons. The Balaban J connectivity index is 1.49. The average Bonchev–Trinajstić information content (AvgIpc) is 3.29. The van der Waals surface area contributed by atoms with Gasteiger partial charge < -0.3 is 20.1 Å². The van der Waals surface area contributed by atoms with Crippen LogP contribution in [0.5, 0.6) is 0 Å². The number of carboxylic acids is 1. The van der Waals surface area contributed by atoms with Gasteiger partial charge in [0.05, 0.1) is 12.0 Å². The Morgan fingerprint density at radius 1 is 1.29 bits per heavy atom. The molecule has 0 aromatic rings. The summed E-state index contributed by atoms with van der Waals surface area (Å²) in [6.45, 7) is 6.86. The lowest BCUT2D eigenvalue weighted by atomic mass is 9.68. The van der Waals surface area contributed by atoms with Crippen molar-refractivity contribution in [2.24, 2.45) is 16.7 Å². The highest BCUT2D eigenvalue weighted by Gasteiger charge is 2.47. The number of piperidine rings is 1. The monoisotopic (exact) mass is 338 g/mol. The van der Waals surface area contributed by atoms with Crippen molar-refractivity contribution >= 4 is 5.97 Å². The van der Waals surface area contributed by atoms with Crippen molar-refractivity contribution in [1.29, 1.82) is 0 Å². The summed E-state index contributed by atoms with van der Waals surface area (Å²) in [6, 6.07) is 0.715. The van der Waals surface area contributed by atoms with Gasteiger partial charge in [-0.1, -0.05) is 19.8 Å². The van der Waals surface area contributed by atoms with E-state index in [0.717, 1.165) is 70.8 Å². The highest BCUT2D eigenvalue weighted by Crippen LogP contribution is 2.43. The topological polar surface area (TPSA) is 61.8 Å². The minimum Gasteiger partial charge on any atom is -0.481 e. The van der Waals surface area contributed by atoms with Gasteiger partial charge in [0, 0.05) is 31.7 Å². The molecule has 5 nitrogen and oxygen atoms in total. The molecular weight excluding hydrogens is 304 g/mol. The van der Waals surface area contributed by atoms with E-state index in [1.165, 1.54) is 12.8 Å². The third-order valence-corrected chi connectivity index (χ3v) is 6.84. The van der Waals surface area contributed by atoms with Gasteiger partial charge in [-0.15, -0.1) is 0 Å². The molecule has 2 saturated carbocycles. The predicted molar refractivity (Wildman–Crippen MR) is 94.1 cm³/mol. The molecule has 1 heterocycles. The normalized spacial score (nSPS) is 31.4. The number of hydrogen-bond acceptors (Lipinski definition) is 4. The zero-order chi connectivity index (χ0) is 17.2. The van der Waals surface area contributed by atoms with Crippen molar-refractivity contribution in [1.82, 2.24) is 10.2 Å². The summed E-state index contributed by atoms with van der Waals surface area (Å²) in [7, 11) is 1.80. The molecule has 1 saturated heterocycles. The van der Waals surface area contributed by atoms with Crippen molar-refractivity contribution in [3.8, 4) is 0 Å². The lowest BCUT2D eigenvalue weighted by molar-refractivity contribution is -0.157. The summed E-state index contributed by atoms with van der Waals surface area (Å²) < 4.78 is 5.54. The Hall–Kier alpha value is -0.650.